The van der Waals surface area contributed by atoms with Crippen molar-refractivity contribution >= 4 is 11.6 Å². The molecule has 0 aliphatic heterocycles. The van der Waals surface area contributed by atoms with Gasteiger partial charge in [0.05, 0.1) is 0 Å². The standard InChI is InChI=1S/C14H14ClFN2O2/c1-3-19-8-13-17-12(15)7-14(18-13)20-11-5-4-10(16)6-9(11)2/h4-7H,3,8H2,1-2H3. The monoisotopic (exact) mass is 296 g/mol. The molecule has 4 nitrogen and oxygen atoms in total. The molecule has 1 aromatic heterocycles. The van der Waals surface area contributed by atoms with E-state index in [1.54, 1.807) is 13.0 Å². The number of rotatable bonds is 5. The second-order valence-electron chi connectivity index (χ2n) is 4.09. The van der Waals surface area contributed by atoms with E-state index in [1.165, 1.54) is 18.2 Å². The molecule has 0 aliphatic rings. The average molecular weight is 297 g/mol. The number of hydrogen-bond acceptors (Lipinski definition) is 4. The second-order valence-corrected chi connectivity index (χ2v) is 4.48. The number of ether oxygens (including phenoxy) is 2. The fourth-order valence-corrected chi connectivity index (χ4v) is 1.78. The minimum Gasteiger partial charge on any atom is -0.439 e. The van der Waals surface area contributed by atoms with E-state index in [0.717, 1.165) is 0 Å². The van der Waals surface area contributed by atoms with Crippen LogP contribution in [0.3, 0.4) is 0 Å². The van der Waals surface area contributed by atoms with E-state index in [0.29, 0.717) is 29.6 Å². The molecule has 0 saturated heterocycles. The van der Waals surface area contributed by atoms with Crippen LogP contribution in [0.4, 0.5) is 4.39 Å². The first-order chi connectivity index (χ1) is 9.58. The van der Waals surface area contributed by atoms with Gasteiger partial charge in [0.1, 0.15) is 23.3 Å². The number of halogens is 2. The zero-order valence-electron chi connectivity index (χ0n) is 11.2. The molecule has 0 spiro atoms. The maximum atomic E-state index is 13.0. The maximum absolute atomic E-state index is 13.0. The summed E-state index contributed by atoms with van der Waals surface area (Å²) >= 11 is 5.91. The minimum atomic E-state index is -0.312. The van der Waals surface area contributed by atoms with Crippen LogP contribution in [-0.2, 0) is 11.3 Å². The Labute approximate surface area is 121 Å². The van der Waals surface area contributed by atoms with Gasteiger partial charge in [-0.05, 0) is 37.6 Å². The molecule has 2 aromatic rings. The Bertz CT molecular complexity index is 608. The van der Waals surface area contributed by atoms with Gasteiger partial charge in [0, 0.05) is 12.7 Å². The molecule has 0 amide bonds. The zero-order chi connectivity index (χ0) is 14.5. The summed E-state index contributed by atoms with van der Waals surface area (Å²) in [6.07, 6.45) is 0. The van der Waals surface area contributed by atoms with Gasteiger partial charge in [0.2, 0.25) is 5.88 Å². The Kier molecular flexibility index (Phi) is 4.87. The summed E-state index contributed by atoms with van der Waals surface area (Å²) in [6, 6.07) is 5.76. The molecule has 6 heteroatoms. The molecule has 1 heterocycles. The third kappa shape index (κ3) is 3.88. The van der Waals surface area contributed by atoms with E-state index >= 15 is 0 Å². The minimum absolute atomic E-state index is 0.260. The summed E-state index contributed by atoms with van der Waals surface area (Å²) in [5.74, 6) is 0.944. The summed E-state index contributed by atoms with van der Waals surface area (Å²) in [4.78, 5) is 8.23. The van der Waals surface area contributed by atoms with E-state index < -0.39 is 0 Å². The lowest BCUT2D eigenvalue weighted by molar-refractivity contribution is 0.128. The van der Waals surface area contributed by atoms with Crippen molar-refractivity contribution in [1.82, 2.24) is 9.97 Å². The summed E-state index contributed by atoms with van der Waals surface area (Å²) in [5, 5.41) is 0.268. The number of hydrogen-bond donors (Lipinski definition) is 0. The van der Waals surface area contributed by atoms with Gasteiger partial charge in [0.15, 0.2) is 5.82 Å². The number of aryl methyl sites for hydroxylation is 1. The molecule has 0 atom stereocenters. The van der Waals surface area contributed by atoms with Crippen molar-refractivity contribution in [3.63, 3.8) is 0 Å². The molecule has 0 radical (unpaired) electrons. The molecule has 106 valence electrons. The van der Waals surface area contributed by atoms with Gasteiger partial charge in [-0.3, -0.25) is 0 Å². The van der Waals surface area contributed by atoms with Crippen LogP contribution < -0.4 is 4.74 Å². The number of benzene rings is 1. The van der Waals surface area contributed by atoms with Gasteiger partial charge in [0.25, 0.3) is 0 Å². The zero-order valence-corrected chi connectivity index (χ0v) is 11.9. The van der Waals surface area contributed by atoms with Gasteiger partial charge in [-0.2, -0.15) is 4.98 Å². The molecule has 2 rings (SSSR count). The smallest absolute Gasteiger partial charge is 0.224 e. The van der Waals surface area contributed by atoms with E-state index in [4.69, 9.17) is 21.1 Å². The second kappa shape index (κ2) is 6.63. The summed E-state index contributed by atoms with van der Waals surface area (Å²) in [6.45, 7) is 4.45. The Hall–Kier alpha value is -1.72. The van der Waals surface area contributed by atoms with Crippen LogP contribution in [0.15, 0.2) is 24.3 Å². The lowest BCUT2D eigenvalue weighted by Crippen LogP contribution is -2.01. The van der Waals surface area contributed by atoms with Crippen molar-refractivity contribution < 1.29 is 13.9 Å². The van der Waals surface area contributed by atoms with Crippen molar-refractivity contribution in [2.75, 3.05) is 6.61 Å². The number of aromatic nitrogens is 2. The van der Waals surface area contributed by atoms with Crippen molar-refractivity contribution in [1.29, 1.82) is 0 Å². The van der Waals surface area contributed by atoms with Crippen LogP contribution in [0.25, 0.3) is 0 Å². The van der Waals surface area contributed by atoms with Gasteiger partial charge < -0.3 is 9.47 Å². The molecule has 0 saturated carbocycles. The summed E-state index contributed by atoms with van der Waals surface area (Å²) in [5.41, 5.74) is 0.672. The first-order valence-electron chi connectivity index (χ1n) is 6.13. The molecule has 0 aliphatic carbocycles. The summed E-state index contributed by atoms with van der Waals surface area (Å²) in [7, 11) is 0. The highest BCUT2D eigenvalue weighted by Gasteiger charge is 2.08. The van der Waals surface area contributed by atoms with Crippen LogP contribution in [-0.4, -0.2) is 16.6 Å². The van der Waals surface area contributed by atoms with E-state index in [-0.39, 0.29) is 17.6 Å². The molecule has 0 unspecified atom stereocenters. The van der Waals surface area contributed by atoms with Gasteiger partial charge in [-0.25, -0.2) is 9.37 Å². The quantitative estimate of drug-likeness (QED) is 0.785. The Morgan fingerprint density at radius 3 is 2.75 bits per heavy atom. The van der Waals surface area contributed by atoms with Crippen LogP contribution in [0.5, 0.6) is 11.6 Å². The molecule has 0 fully saturated rings. The molecular formula is C14H14ClFN2O2. The summed E-state index contributed by atoms with van der Waals surface area (Å²) < 4.78 is 23.9. The fraction of sp³-hybridized carbons (Fsp3) is 0.286. The lowest BCUT2D eigenvalue weighted by atomic mass is 10.2. The normalized spacial score (nSPS) is 10.6. The van der Waals surface area contributed by atoms with Crippen molar-refractivity contribution in [2.24, 2.45) is 0 Å². The third-order valence-corrected chi connectivity index (χ3v) is 2.70. The maximum Gasteiger partial charge on any atom is 0.224 e. The lowest BCUT2D eigenvalue weighted by Gasteiger charge is -2.09. The molecule has 0 bridgehead atoms. The average Bonchev–Trinajstić information content (AvgIpc) is 2.39. The van der Waals surface area contributed by atoms with Crippen LogP contribution in [0.2, 0.25) is 5.15 Å². The van der Waals surface area contributed by atoms with Crippen molar-refractivity contribution in [2.45, 2.75) is 20.5 Å². The SMILES string of the molecule is CCOCc1nc(Cl)cc(Oc2ccc(F)cc2C)n1. The van der Waals surface area contributed by atoms with Gasteiger partial charge in [-0.15, -0.1) is 0 Å². The first kappa shape index (κ1) is 14.7. The molecule has 20 heavy (non-hydrogen) atoms. The van der Waals surface area contributed by atoms with Gasteiger partial charge in [-0.1, -0.05) is 11.6 Å². The van der Waals surface area contributed by atoms with Crippen molar-refractivity contribution in [3.8, 4) is 11.6 Å². The van der Waals surface area contributed by atoms with Crippen LogP contribution in [0.1, 0.15) is 18.3 Å². The third-order valence-electron chi connectivity index (χ3n) is 2.50. The first-order valence-corrected chi connectivity index (χ1v) is 6.51. The highest BCUT2D eigenvalue weighted by Crippen LogP contribution is 2.25. The van der Waals surface area contributed by atoms with Crippen LogP contribution in [0, 0.1) is 12.7 Å². The van der Waals surface area contributed by atoms with E-state index in [9.17, 15) is 4.39 Å². The topological polar surface area (TPSA) is 44.2 Å². The number of nitrogens with zero attached hydrogens (tertiary/aromatic N) is 2. The molecule has 1 aromatic carbocycles. The Morgan fingerprint density at radius 1 is 1.25 bits per heavy atom. The predicted octanol–water partition coefficient (Wildman–Crippen LogP) is 3.91. The highest BCUT2D eigenvalue weighted by atomic mass is 35.5. The highest BCUT2D eigenvalue weighted by molar-refractivity contribution is 6.29. The van der Waals surface area contributed by atoms with Crippen LogP contribution >= 0.6 is 11.6 Å². The fourth-order valence-electron chi connectivity index (χ4n) is 1.59. The van der Waals surface area contributed by atoms with E-state index in [1.807, 2.05) is 6.92 Å². The molecular weight excluding hydrogens is 283 g/mol. The largest absolute Gasteiger partial charge is 0.439 e. The molecule has 0 N–H and O–H groups in total. The Morgan fingerprint density at radius 2 is 2.05 bits per heavy atom. The van der Waals surface area contributed by atoms with Gasteiger partial charge >= 0.3 is 0 Å². The Balaban J connectivity index is 2.21. The predicted molar refractivity (Wildman–Crippen MR) is 73.6 cm³/mol. The van der Waals surface area contributed by atoms with Crippen molar-refractivity contribution in [3.05, 3.63) is 46.6 Å². The van der Waals surface area contributed by atoms with E-state index in [2.05, 4.69) is 9.97 Å².